The lowest BCUT2D eigenvalue weighted by Gasteiger charge is -2.38. The summed E-state index contributed by atoms with van der Waals surface area (Å²) in [6.45, 7) is 13.7. The summed E-state index contributed by atoms with van der Waals surface area (Å²) in [7, 11) is -1.73. The molecule has 0 unspecified atom stereocenters. The molecular weight excluding hydrogens is 296 g/mol. The third kappa shape index (κ3) is 11.0. The highest BCUT2D eigenvalue weighted by Crippen LogP contribution is 2.37. The molecule has 0 amide bonds. The Morgan fingerprint density at radius 2 is 1.30 bits per heavy atom. The van der Waals surface area contributed by atoms with Gasteiger partial charge in [-0.2, -0.15) is 0 Å². The third-order valence-corrected chi connectivity index (χ3v) is 9.73. The van der Waals surface area contributed by atoms with E-state index in [1.807, 2.05) is 0 Å². The Hall–Kier alpha value is -0.263. The molecule has 0 bridgehead atoms. The van der Waals surface area contributed by atoms with Crippen molar-refractivity contribution in [1.29, 1.82) is 0 Å². The summed E-state index contributed by atoms with van der Waals surface area (Å²) in [5.74, 6) is 2.87. The zero-order valence-corrected chi connectivity index (χ0v) is 17.8. The number of hydrogen-bond acceptors (Lipinski definition) is 1. The van der Waals surface area contributed by atoms with Crippen LogP contribution in [0.1, 0.15) is 98.3 Å². The lowest BCUT2D eigenvalue weighted by molar-refractivity contribution is 0.219. The van der Waals surface area contributed by atoms with Crippen LogP contribution in [-0.4, -0.2) is 14.4 Å². The van der Waals surface area contributed by atoms with Crippen molar-refractivity contribution < 1.29 is 4.43 Å². The first kappa shape index (κ1) is 22.7. The minimum atomic E-state index is -1.73. The van der Waals surface area contributed by atoms with Crippen molar-refractivity contribution in [2.75, 3.05) is 0 Å². The van der Waals surface area contributed by atoms with E-state index < -0.39 is 8.32 Å². The van der Waals surface area contributed by atoms with Crippen molar-refractivity contribution in [3.05, 3.63) is 0 Å². The Labute approximate surface area is 148 Å². The lowest BCUT2D eigenvalue weighted by Crippen LogP contribution is -2.43. The van der Waals surface area contributed by atoms with Crippen LogP contribution in [0.15, 0.2) is 0 Å². The monoisotopic (exact) mass is 338 g/mol. The third-order valence-electron chi connectivity index (χ3n) is 5.25. The van der Waals surface area contributed by atoms with E-state index in [2.05, 4.69) is 46.7 Å². The summed E-state index contributed by atoms with van der Waals surface area (Å²) in [5, 5.41) is 0.236. The summed E-state index contributed by atoms with van der Waals surface area (Å²) >= 11 is 0. The first-order valence-corrected chi connectivity index (χ1v) is 12.8. The minimum Gasteiger partial charge on any atom is -0.403 e. The molecule has 23 heavy (non-hydrogen) atoms. The zero-order chi connectivity index (χ0) is 17.8. The molecule has 0 fully saturated rings. The van der Waals surface area contributed by atoms with E-state index in [0.29, 0.717) is 0 Å². The quantitative estimate of drug-likeness (QED) is 0.194. The topological polar surface area (TPSA) is 9.23 Å². The molecule has 0 aromatic heterocycles. The van der Waals surface area contributed by atoms with E-state index in [4.69, 9.17) is 10.8 Å². The van der Waals surface area contributed by atoms with Crippen molar-refractivity contribution in [1.82, 2.24) is 0 Å². The lowest BCUT2D eigenvalue weighted by atomic mass is 10.0. The molecular formula is C21H42OSi. The molecule has 1 atom stereocenters. The Bertz CT molecular complexity index is 322. The summed E-state index contributed by atoms with van der Waals surface area (Å²) in [6.07, 6.45) is 20.4. The maximum atomic E-state index is 6.34. The van der Waals surface area contributed by atoms with Gasteiger partial charge in [-0.25, -0.2) is 0 Å². The summed E-state index contributed by atoms with van der Waals surface area (Å²) < 4.78 is 6.34. The minimum absolute atomic E-state index is 0.0185. The second-order valence-electron chi connectivity index (χ2n) is 8.50. The predicted molar refractivity (Wildman–Crippen MR) is 107 cm³/mol. The van der Waals surface area contributed by atoms with Crippen molar-refractivity contribution in [3.63, 3.8) is 0 Å². The fourth-order valence-corrected chi connectivity index (χ4v) is 3.78. The van der Waals surface area contributed by atoms with E-state index >= 15 is 0 Å². The van der Waals surface area contributed by atoms with Crippen LogP contribution in [0, 0.1) is 12.3 Å². The first-order valence-electron chi connectivity index (χ1n) is 9.88. The van der Waals surface area contributed by atoms with E-state index in [-0.39, 0.29) is 11.1 Å². The van der Waals surface area contributed by atoms with Gasteiger partial charge in [-0.1, -0.05) is 91.4 Å². The smallest absolute Gasteiger partial charge is 0.193 e. The van der Waals surface area contributed by atoms with Crippen LogP contribution in [0.4, 0.5) is 0 Å². The van der Waals surface area contributed by atoms with Crippen LogP contribution < -0.4 is 0 Å². The molecule has 0 spiro atoms. The highest BCUT2D eigenvalue weighted by molar-refractivity contribution is 6.74. The van der Waals surface area contributed by atoms with Gasteiger partial charge in [0.2, 0.25) is 0 Å². The molecule has 2 heteroatoms. The predicted octanol–water partition coefficient (Wildman–Crippen LogP) is 7.32. The molecule has 0 aliphatic carbocycles. The Morgan fingerprint density at radius 1 is 0.870 bits per heavy atom. The highest BCUT2D eigenvalue weighted by Gasteiger charge is 2.38. The van der Waals surface area contributed by atoms with Gasteiger partial charge >= 0.3 is 0 Å². The van der Waals surface area contributed by atoms with Gasteiger partial charge in [0.25, 0.3) is 0 Å². The van der Waals surface area contributed by atoms with E-state index in [1.165, 1.54) is 64.2 Å². The van der Waals surface area contributed by atoms with Gasteiger partial charge in [-0.3, -0.25) is 0 Å². The molecule has 0 aromatic rings. The van der Waals surface area contributed by atoms with Crippen LogP contribution in [0.25, 0.3) is 0 Å². The molecule has 1 nitrogen and oxygen atoms in total. The number of rotatable bonds is 13. The summed E-state index contributed by atoms with van der Waals surface area (Å²) in [5.41, 5.74) is 0. The summed E-state index contributed by atoms with van der Waals surface area (Å²) in [4.78, 5) is 0. The first-order chi connectivity index (χ1) is 10.7. The second-order valence-corrected chi connectivity index (χ2v) is 13.3. The van der Waals surface area contributed by atoms with Gasteiger partial charge in [0.1, 0.15) is 6.10 Å². The van der Waals surface area contributed by atoms with Gasteiger partial charge in [-0.15, -0.1) is 6.42 Å². The van der Waals surface area contributed by atoms with Crippen molar-refractivity contribution in [3.8, 4) is 12.3 Å². The summed E-state index contributed by atoms with van der Waals surface area (Å²) in [6, 6.07) is 0. The molecule has 0 aliphatic rings. The van der Waals surface area contributed by atoms with Gasteiger partial charge in [0.05, 0.1) is 0 Å². The van der Waals surface area contributed by atoms with Crippen molar-refractivity contribution >= 4 is 8.32 Å². The zero-order valence-electron chi connectivity index (χ0n) is 16.8. The standard InChI is InChI=1S/C21H42OSi/c1-8-10-11-12-13-14-15-16-17-18-19-20(9-2)22-23(6,7)21(3,4)5/h2,20H,8,10-19H2,1,3-7H3/t20-/m0/s1. The maximum absolute atomic E-state index is 6.34. The fraction of sp³-hybridized carbons (Fsp3) is 0.905. The van der Waals surface area contributed by atoms with Crippen molar-refractivity contribution in [2.45, 2.75) is 123 Å². The SMILES string of the molecule is C#C[C@@H](CCCCCCCCCCCC)O[Si](C)(C)C(C)(C)C. The highest BCUT2D eigenvalue weighted by atomic mass is 28.4. The Morgan fingerprint density at radius 3 is 1.70 bits per heavy atom. The van der Waals surface area contributed by atoms with Crippen LogP contribution in [-0.2, 0) is 4.43 Å². The van der Waals surface area contributed by atoms with Crippen LogP contribution in [0.3, 0.4) is 0 Å². The van der Waals surface area contributed by atoms with Gasteiger partial charge in [0.15, 0.2) is 8.32 Å². The number of terminal acetylenes is 1. The molecule has 0 aromatic carbocycles. The Balaban J connectivity index is 3.72. The number of unbranched alkanes of at least 4 members (excludes halogenated alkanes) is 9. The molecule has 0 N–H and O–H groups in total. The molecule has 0 saturated carbocycles. The van der Waals surface area contributed by atoms with Crippen LogP contribution >= 0.6 is 0 Å². The molecule has 0 aliphatic heterocycles. The van der Waals surface area contributed by atoms with Gasteiger partial charge in [0, 0.05) is 0 Å². The van der Waals surface area contributed by atoms with Gasteiger partial charge in [-0.05, 0) is 31.0 Å². The number of hydrogen-bond donors (Lipinski definition) is 0. The molecule has 0 heterocycles. The van der Waals surface area contributed by atoms with E-state index in [0.717, 1.165) is 6.42 Å². The second kappa shape index (κ2) is 12.1. The molecule has 136 valence electrons. The largest absolute Gasteiger partial charge is 0.403 e. The van der Waals surface area contributed by atoms with Gasteiger partial charge < -0.3 is 4.43 Å². The average Bonchev–Trinajstić information content (AvgIpc) is 2.46. The average molecular weight is 339 g/mol. The van der Waals surface area contributed by atoms with E-state index in [9.17, 15) is 0 Å². The van der Waals surface area contributed by atoms with Crippen LogP contribution in [0.5, 0.6) is 0 Å². The molecule has 0 radical (unpaired) electrons. The normalized spacial score (nSPS) is 13.8. The van der Waals surface area contributed by atoms with Crippen molar-refractivity contribution in [2.24, 2.45) is 0 Å². The fourth-order valence-electron chi connectivity index (χ4n) is 2.53. The maximum Gasteiger partial charge on any atom is 0.193 e. The molecule has 0 saturated heterocycles. The van der Waals surface area contributed by atoms with Crippen LogP contribution in [0.2, 0.25) is 18.1 Å². The molecule has 0 rings (SSSR count). The van der Waals surface area contributed by atoms with E-state index in [1.54, 1.807) is 0 Å². The Kier molecular flexibility index (Phi) is 12.0.